The number of hydrogen-bond acceptors (Lipinski definition) is 4. The van der Waals surface area contributed by atoms with Crippen LogP contribution < -0.4 is 19.7 Å². The molecule has 6 nitrogen and oxygen atoms in total. The van der Waals surface area contributed by atoms with Crippen LogP contribution in [0.15, 0.2) is 53.5 Å². The number of guanidine groups is 1. The molecule has 0 amide bonds. The van der Waals surface area contributed by atoms with Crippen LogP contribution in [0.3, 0.4) is 0 Å². The summed E-state index contributed by atoms with van der Waals surface area (Å²) in [5, 5.41) is 3.43. The zero-order valence-corrected chi connectivity index (χ0v) is 18.6. The van der Waals surface area contributed by atoms with Crippen molar-refractivity contribution in [2.45, 2.75) is 19.9 Å². The van der Waals surface area contributed by atoms with Gasteiger partial charge in [0, 0.05) is 57.1 Å². The summed E-state index contributed by atoms with van der Waals surface area (Å²) >= 11 is 0. The van der Waals surface area contributed by atoms with Crippen LogP contribution in [0.1, 0.15) is 18.9 Å². The maximum absolute atomic E-state index is 5.50. The summed E-state index contributed by atoms with van der Waals surface area (Å²) in [4.78, 5) is 9.54. The molecule has 1 N–H and O–H groups in total. The molecule has 1 heterocycles. The van der Waals surface area contributed by atoms with Crippen LogP contribution in [-0.2, 0) is 6.54 Å². The van der Waals surface area contributed by atoms with E-state index in [1.807, 2.05) is 24.3 Å². The van der Waals surface area contributed by atoms with Gasteiger partial charge in [-0.05, 0) is 37.5 Å². The number of nitrogens with zero attached hydrogens (tertiary/aromatic N) is 3. The second kappa shape index (κ2) is 10.8. The summed E-state index contributed by atoms with van der Waals surface area (Å²) in [6, 6.07) is 16.4. The molecule has 1 atom stereocenters. The van der Waals surface area contributed by atoms with E-state index in [0.29, 0.717) is 5.92 Å². The molecule has 6 heteroatoms. The van der Waals surface area contributed by atoms with E-state index >= 15 is 0 Å². The molecule has 0 spiro atoms. The molecule has 0 bridgehead atoms. The van der Waals surface area contributed by atoms with Gasteiger partial charge in [-0.25, -0.2) is 0 Å². The summed E-state index contributed by atoms with van der Waals surface area (Å²) in [7, 11) is 5.50. The Hall–Kier alpha value is -2.89. The molecular formula is C24H34N4O2. The molecule has 162 valence electrons. The molecule has 0 radical (unpaired) electrons. The van der Waals surface area contributed by atoms with Crippen molar-refractivity contribution in [3.8, 4) is 11.5 Å². The van der Waals surface area contributed by atoms with Gasteiger partial charge >= 0.3 is 0 Å². The molecule has 2 aromatic carbocycles. The number of rotatable bonds is 8. The third-order valence-electron chi connectivity index (χ3n) is 5.50. The van der Waals surface area contributed by atoms with E-state index in [1.54, 1.807) is 14.2 Å². The van der Waals surface area contributed by atoms with Gasteiger partial charge in [-0.1, -0.05) is 24.3 Å². The third kappa shape index (κ3) is 5.59. The zero-order valence-electron chi connectivity index (χ0n) is 18.6. The van der Waals surface area contributed by atoms with Crippen LogP contribution in [0.2, 0.25) is 0 Å². The van der Waals surface area contributed by atoms with Gasteiger partial charge < -0.3 is 24.6 Å². The third-order valence-corrected chi connectivity index (χ3v) is 5.50. The largest absolute Gasteiger partial charge is 0.497 e. The fourth-order valence-electron chi connectivity index (χ4n) is 3.87. The van der Waals surface area contributed by atoms with Gasteiger partial charge in [0.25, 0.3) is 0 Å². The van der Waals surface area contributed by atoms with Gasteiger partial charge in [0.2, 0.25) is 0 Å². The monoisotopic (exact) mass is 410 g/mol. The molecular weight excluding hydrogens is 376 g/mol. The molecule has 1 saturated heterocycles. The summed E-state index contributed by atoms with van der Waals surface area (Å²) in [6.07, 6.45) is 1.15. The molecule has 0 aliphatic carbocycles. The summed E-state index contributed by atoms with van der Waals surface area (Å²) < 4.78 is 10.9. The Morgan fingerprint density at radius 2 is 2.00 bits per heavy atom. The van der Waals surface area contributed by atoms with Crippen molar-refractivity contribution < 1.29 is 9.47 Å². The fourth-order valence-corrected chi connectivity index (χ4v) is 3.87. The summed E-state index contributed by atoms with van der Waals surface area (Å²) in [5.74, 6) is 3.29. The highest BCUT2D eigenvalue weighted by atomic mass is 16.5. The Morgan fingerprint density at radius 1 is 1.17 bits per heavy atom. The molecule has 30 heavy (non-hydrogen) atoms. The molecule has 3 rings (SSSR count). The maximum Gasteiger partial charge on any atom is 0.193 e. The second-order valence-electron chi connectivity index (χ2n) is 7.66. The predicted molar refractivity (Wildman–Crippen MR) is 124 cm³/mol. The van der Waals surface area contributed by atoms with Crippen molar-refractivity contribution in [3.63, 3.8) is 0 Å². The van der Waals surface area contributed by atoms with Crippen molar-refractivity contribution in [1.29, 1.82) is 0 Å². The lowest BCUT2D eigenvalue weighted by Crippen LogP contribution is -2.39. The van der Waals surface area contributed by atoms with Gasteiger partial charge in [0.15, 0.2) is 5.96 Å². The lowest BCUT2D eigenvalue weighted by Gasteiger charge is -2.23. The first-order chi connectivity index (χ1) is 14.6. The number of methoxy groups -OCH3 is 2. The first-order valence-electron chi connectivity index (χ1n) is 10.6. The molecule has 0 aromatic heterocycles. The molecule has 1 unspecified atom stereocenters. The topological polar surface area (TPSA) is 49.3 Å². The van der Waals surface area contributed by atoms with E-state index in [1.165, 1.54) is 5.69 Å². The standard InChI is InChI=1S/C24H34N4O2/c1-5-25-24(27(2)18-20-9-6-7-12-23(20)30-4)26-16-19-13-14-28(17-19)21-10-8-11-22(15-21)29-3/h6-12,15,19H,5,13-14,16-18H2,1-4H3,(H,25,26). The van der Waals surface area contributed by atoms with Crippen LogP contribution in [0.4, 0.5) is 5.69 Å². The van der Waals surface area contributed by atoms with E-state index in [-0.39, 0.29) is 0 Å². The Kier molecular flexibility index (Phi) is 7.82. The number of nitrogens with one attached hydrogen (secondary N) is 1. The number of para-hydroxylation sites is 1. The Morgan fingerprint density at radius 3 is 2.77 bits per heavy atom. The normalized spacial score (nSPS) is 16.5. The van der Waals surface area contributed by atoms with E-state index in [4.69, 9.17) is 14.5 Å². The predicted octanol–water partition coefficient (Wildman–Crippen LogP) is 3.63. The molecule has 1 aliphatic heterocycles. The highest BCUT2D eigenvalue weighted by molar-refractivity contribution is 5.79. The number of ether oxygens (including phenoxy) is 2. The lowest BCUT2D eigenvalue weighted by atomic mass is 10.1. The van der Waals surface area contributed by atoms with Crippen LogP contribution in [-0.4, -0.2) is 58.3 Å². The number of benzene rings is 2. The average Bonchev–Trinajstić information content (AvgIpc) is 3.26. The molecule has 0 saturated carbocycles. The average molecular weight is 411 g/mol. The maximum atomic E-state index is 5.50. The summed E-state index contributed by atoms with van der Waals surface area (Å²) in [6.45, 7) is 6.59. The molecule has 1 fully saturated rings. The Labute approximate surface area is 180 Å². The van der Waals surface area contributed by atoms with Gasteiger partial charge in [-0.15, -0.1) is 0 Å². The smallest absolute Gasteiger partial charge is 0.193 e. The van der Waals surface area contributed by atoms with E-state index in [0.717, 1.165) is 62.2 Å². The van der Waals surface area contributed by atoms with Crippen molar-refractivity contribution in [3.05, 3.63) is 54.1 Å². The molecule has 2 aromatic rings. The first kappa shape index (κ1) is 21.8. The van der Waals surface area contributed by atoms with Crippen LogP contribution in [0.5, 0.6) is 11.5 Å². The quantitative estimate of drug-likeness (QED) is 0.532. The Balaban J connectivity index is 1.61. The lowest BCUT2D eigenvalue weighted by molar-refractivity contribution is 0.395. The van der Waals surface area contributed by atoms with Crippen LogP contribution in [0.25, 0.3) is 0 Å². The minimum atomic E-state index is 0.546. The fraction of sp³-hybridized carbons (Fsp3) is 0.458. The van der Waals surface area contributed by atoms with E-state index in [9.17, 15) is 0 Å². The number of anilines is 1. The number of aliphatic imine (C=N–C) groups is 1. The SMILES string of the molecule is CCNC(=NCC1CCN(c2cccc(OC)c2)C1)N(C)Cc1ccccc1OC. The number of hydrogen-bond donors (Lipinski definition) is 1. The van der Waals surface area contributed by atoms with Gasteiger partial charge in [-0.2, -0.15) is 0 Å². The van der Waals surface area contributed by atoms with E-state index in [2.05, 4.69) is 53.4 Å². The first-order valence-corrected chi connectivity index (χ1v) is 10.6. The zero-order chi connectivity index (χ0) is 21.3. The van der Waals surface area contributed by atoms with Crippen molar-refractivity contribution >= 4 is 11.6 Å². The highest BCUT2D eigenvalue weighted by Gasteiger charge is 2.23. The summed E-state index contributed by atoms with van der Waals surface area (Å²) in [5.41, 5.74) is 2.37. The van der Waals surface area contributed by atoms with Gasteiger partial charge in [0.05, 0.1) is 14.2 Å². The highest BCUT2D eigenvalue weighted by Crippen LogP contribution is 2.27. The van der Waals surface area contributed by atoms with E-state index < -0.39 is 0 Å². The Bertz CT molecular complexity index is 839. The van der Waals surface area contributed by atoms with Crippen LogP contribution >= 0.6 is 0 Å². The van der Waals surface area contributed by atoms with Crippen molar-refractivity contribution in [2.75, 3.05) is 52.3 Å². The molecule has 1 aliphatic rings. The van der Waals surface area contributed by atoms with Crippen molar-refractivity contribution in [1.82, 2.24) is 10.2 Å². The van der Waals surface area contributed by atoms with Gasteiger partial charge in [-0.3, -0.25) is 4.99 Å². The minimum Gasteiger partial charge on any atom is -0.497 e. The van der Waals surface area contributed by atoms with Crippen molar-refractivity contribution in [2.24, 2.45) is 10.9 Å². The second-order valence-corrected chi connectivity index (χ2v) is 7.66. The van der Waals surface area contributed by atoms with Crippen LogP contribution in [0, 0.1) is 5.92 Å². The minimum absolute atomic E-state index is 0.546. The van der Waals surface area contributed by atoms with Gasteiger partial charge in [0.1, 0.15) is 11.5 Å².